The summed E-state index contributed by atoms with van der Waals surface area (Å²) in [6.07, 6.45) is 0.199. The van der Waals surface area contributed by atoms with E-state index in [4.69, 9.17) is 9.47 Å². The number of nitrogens with one attached hydrogen (secondary N) is 1. The Kier molecular flexibility index (Phi) is 7.22. The van der Waals surface area contributed by atoms with Crippen LogP contribution < -0.4 is 10.1 Å². The van der Waals surface area contributed by atoms with Crippen LogP contribution in [-0.2, 0) is 38.8 Å². The van der Waals surface area contributed by atoms with Gasteiger partial charge in [-0.15, -0.1) is 0 Å². The summed E-state index contributed by atoms with van der Waals surface area (Å²) in [5, 5.41) is 2.27. The monoisotopic (exact) mass is 465 g/mol. The molecule has 2 aliphatic heterocycles. The SMILES string of the molecule is CCC(=O)NC(=O)CN1Cc2c(OCc3ccc(CN4CCOCC4=O)cc3)cccc2C1=O. The Morgan fingerprint density at radius 3 is 2.53 bits per heavy atom. The van der Waals surface area contributed by atoms with Crippen LogP contribution in [0.5, 0.6) is 5.75 Å². The molecule has 0 aliphatic carbocycles. The summed E-state index contributed by atoms with van der Waals surface area (Å²) >= 11 is 0. The van der Waals surface area contributed by atoms with E-state index >= 15 is 0 Å². The minimum Gasteiger partial charge on any atom is -0.489 e. The van der Waals surface area contributed by atoms with Crippen LogP contribution in [0.4, 0.5) is 0 Å². The highest BCUT2D eigenvalue weighted by Crippen LogP contribution is 2.31. The lowest BCUT2D eigenvalue weighted by molar-refractivity contribution is -0.143. The average Bonchev–Trinajstić information content (AvgIpc) is 3.15. The highest BCUT2D eigenvalue weighted by atomic mass is 16.5. The molecule has 178 valence electrons. The smallest absolute Gasteiger partial charge is 0.255 e. The molecule has 0 atom stereocenters. The van der Waals surface area contributed by atoms with E-state index in [9.17, 15) is 19.2 Å². The molecule has 1 N–H and O–H groups in total. The normalized spacial score (nSPS) is 15.3. The molecule has 1 fully saturated rings. The van der Waals surface area contributed by atoms with Gasteiger partial charge in [0.05, 0.1) is 13.2 Å². The number of amides is 4. The van der Waals surface area contributed by atoms with Crippen LogP contribution in [0.25, 0.3) is 0 Å². The Bertz CT molecular complexity index is 1100. The maximum Gasteiger partial charge on any atom is 0.255 e. The number of fused-ring (bicyclic) bond motifs is 1. The van der Waals surface area contributed by atoms with E-state index < -0.39 is 5.91 Å². The summed E-state index contributed by atoms with van der Waals surface area (Å²) in [4.78, 5) is 51.3. The van der Waals surface area contributed by atoms with Crippen LogP contribution in [0, 0.1) is 0 Å². The number of benzene rings is 2. The van der Waals surface area contributed by atoms with Crippen LogP contribution >= 0.6 is 0 Å². The van der Waals surface area contributed by atoms with Crippen molar-refractivity contribution in [1.29, 1.82) is 0 Å². The lowest BCUT2D eigenvalue weighted by atomic mass is 10.1. The van der Waals surface area contributed by atoms with Gasteiger partial charge in [-0.05, 0) is 23.3 Å². The number of morpholine rings is 1. The molecule has 0 unspecified atom stereocenters. The van der Waals surface area contributed by atoms with Crippen molar-refractivity contribution in [2.45, 2.75) is 33.0 Å². The molecule has 2 heterocycles. The second-order valence-electron chi connectivity index (χ2n) is 8.24. The molecule has 34 heavy (non-hydrogen) atoms. The quantitative estimate of drug-likeness (QED) is 0.636. The number of ether oxygens (including phenoxy) is 2. The van der Waals surface area contributed by atoms with E-state index in [0.717, 1.165) is 16.7 Å². The fraction of sp³-hybridized carbons (Fsp3) is 0.360. The number of hydrogen-bond acceptors (Lipinski definition) is 6. The van der Waals surface area contributed by atoms with Crippen LogP contribution in [0.3, 0.4) is 0 Å². The highest BCUT2D eigenvalue weighted by molar-refractivity contribution is 6.03. The number of rotatable bonds is 8. The van der Waals surface area contributed by atoms with Gasteiger partial charge in [0.2, 0.25) is 17.7 Å². The van der Waals surface area contributed by atoms with Gasteiger partial charge in [0, 0.05) is 30.6 Å². The summed E-state index contributed by atoms with van der Waals surface area (Å²) in [6.45, 7) is 3.85. The second kappa shape index (κ2) is 10.5. The fourth-order valence-electron chi connectivity index (χ4n) is 3.92. The van der Waals surface area contributed by atoms with Crippen molar-refractivity contribution in [3.05, 3.63) is 64.7 Å². The molecule has 1 saturated heterocycles. The van der Waals surface area contributed by atoms with Crippen molar-refractivity contribution in [2.24, 2.45) is 0 Å². The van der Waals surface area contributed by atoms with Gasteiger partial charge >= 0.3 is 0 Å². The zero-order valence-electron chi connectivity index (χ0n) is 19.0. The maximum absolute atomic E-state index is 12.7. The molecular weight excluding hydrogens is 438 g/mol. The predicted molar refractivity (Wildman–Crippen MR) is 122 cm³/mol. The third-order valence-corrected chi connectivity index (χ3v) is 5.81. The first-order chi connectivity index (χ1) is 16.4. The van der Waals surface area contributed by atoms with E-state index in [2.05, 4.69) is 5.32 Å². The third-order valence-electron chi connectivity index (χ3n) is 5.81. The molecule has 4 amide bonds. The van der Waals surface area contributed by atoms with Crippen molar-refractivity contribution in [3.63, 3.8) is 0 Å². The van der Waals surface area contributed by atoms with Crippen LogP contribution in [0.1, 0.15) is 40.4 Å². The maximum atomic E-state index is 12.7. The highest BCUT2D eigenvalue weighted by Gasteiger charge is 2.31. The molecule has 4 rings (SSSR count). The number of nitrogens with zero attached hydrogens (tertiary/aromatic N) is 2. The van der Waals surface area contributed by atoms with Crippen LogP contribution in [0.15, 0.2) is 42.5 Å². The first kappa shape index (κ1) is 23.4. The van der Waals surface area contributed by atoms with Gasteiger partial charge in [0.15, 0.2) is 0 Å². The molecule has 0 aromatic heterocycles. The Morgan fingerprint density at radius 1 is 1.03 bits per heavy atom. The summed E-state index contributed by atoms with van der Waals surface area (Å²) in [6, 6.07) is 13.1. The van der Waals surface area contributed by atoms with Gasteiger partial charge in [-0.3, -0.25) is 24.5 Å². The fourth-order valence-corrected chi connectivity index (χ4v) is 3.92. The summed E-state index contributed by atoms with van der Waals surface area (Å²) in [7, 11) is 0. The summed E-state index contributed by atoms with van der Waals surface area (Å²) < 4.78 is 11.2. The number of carbonyl (C=O) groups is 4. The van der Waals surface area contributed by atoms with E-state index in [1.807, 2.05) is 24.3 Å². The Balaban J connectivity index is 1.35. The predicted octanol–water partition coefficient (Wildman–Crippen LogP) is 1.63. The minimum atomic E-state index is -0.505. The number of hydrogen-bond donors (Lipinski definition) is 1. The molecule has 0 spiro atoms. The number of imide groups is 1. The lowest BCUT2D eigenvalue weighted by Crippen LogP contribution is -2.40. The average molecular weight is 466 g/mol. The van der Waals surface area contributed by atoms with Crippen LogP contribution in [0.2, 0.25) is 0 Å². The third kappa shape index (κ3) is 5.43. The zero-order valence-corrected chi connectivity index (χ0v) is 19.0. The first-order valence-electron chi connectivity index (χ1n) is 11.2. The zero-order chi connectivity index (χ0) is 24.1. The molecular formula is C25H27N3O6. The van der Waals surface area contributed by atoms with Gasteiger partial charge in [0.1, 0.15) is 25.5 Å². The Labute approximate surface area is 197 Å². The van der Waals surface area contributed by atoms with E-state index in [-0.39, 0.29) is 43.8 Å². The van der Waals surface area contributed by atoms with E-state index in [0.29, 0.717) is 37.6 Å². The van der Waals surface area contributed by atoms with Gasteiger partial charge in [-0.25, -0.2) is 0 Å². The summed E-state index contributed by atoms with van der Waals surface area (Å²) in [5.41, 5.74) is 3.20. The van der Waals surface area contributed by atoms with Crippen LogP contribution in [-0.4, -0.2) is 59.7 Å². The molecule has 2 aromatic carbocycles. The topological polar surface area (TPSA) is 105 Å². The minimum absolute atomic E-state index is 0.00497. The molecule has 9 nitrogen and oxygen atoms in total. The van der Waals surface area contributed by atoms with E-state index in [1.54, 1.807) is 30.0 Å². The molecule has 0 saturated carbocycles. The second-order valence-corrected chi connectivity index (χ2v) is 8.24. The number of carbonyl (C=O) groups excluding carboxylic acids is 4. The molecule has 2 aromatic rings. The van der Waals surface area contributed by atoms with Crippen molar-refractivity contribution in [1.82, 2.24) is 15.1 Å². The molecule has 0 radical (unpaired) electrons. The van der Waals surface area contributed by atoms with E-state index in [1.165, 1.54) is 4.90 Å². The van der Waals surface area contributed by atoms with Crippen molar-refractivity contribution < 1.29 is 28.7 Å². The Hall–Kier alpha value is -3.72. The van der Waals surface area contributed by atoms with Crippen molar-refractivity contribution in [2.75, 3.05) is 26.3 Å². The molecule has 0 bridgehead atoms. The summed E-state index contributed by atoms with van der Waals surface area (Å²) in [5.74, 6) is -0.562. The van der Waals surface area contributed by atoms with Gasteiger partial charge in [-0.1, -0.05) is 37.3 Å². The van der Waals surface area contributed by atoms with Gasteiger partial charge in [0.25, 0.3) is 5.91 Å². The standard InChI is InChI=1S/C25H27N3O6/c1-2-22(29)26-23(30)14-28-13-20-19(25(28)32)4-3-5-21(20)34-15-18-8-6-17(7-9-18)12-27-10-11-33-16-24(27)31/h3-9H,2,10-16H2,1H3,(H,26,29,30). The first-order valence-corrected chi connectivity index (χ1v) is 11.2. The van der Waals surface area contributed by atoms with Gasteiger partial charge in [-0.2, -0.15) is 0 Å². The Morgan fingerprint density at radius 2 is 1.79 bits per heavy atom. The molecule has 9 heteroatoms. The van der Waals surface area contributed by atoms with Crippen molar-refractivity contribution in [3.8, 4) is 5.75 Å². The molecule has 2 aliphatic rings. The lowest BCUT2D eigenvalue weighted by Gasteiger charge is -2.26. The largest absolute Gasteiger partial charge is 0.489 e. The van der Waals surface area contributed by atoms with Crippen molar-refractivity contribution >= 4 is 23.6 Å². The van der Waals surface area contributed by atoms with Gasteiger partial charge < -0.3 is 19.3 Å².